The first-order valence-corrected chi connectivity index (χ1v) is 9.76. The molecule has 0 atom stereocenters. The van der Waals surface area contributed by atoms with Crippen LogP contribution in [0.25, 0.3) is 0 Å². The third-order valence-corrected chi connectivity index (χ3v) is 3.62. The smallest absolute Gasteiger partial charge is 0.293 e. The summed E-state index contributed by atoms with van der Waals surface area (Å²) in [6.45, 7) is 10.7. The van der Waals surface area contributed by atoms with Gasteiger partial charge in [-0.3, -0.25) is 4.79 Å². The second-order valence-corrected chi connectivity index (χ2v) is 7.25. The molecule has 0 saturated heterocycles. The molecule has 0 aromatic rings. The van der Waals surface area contributed by atoms with E-state index < -0.39 is 0 Å². The number of hydrogen-bond acceptors (Lipinski definition) is 5. The first-order chi connectivity index (χ1) is 12.2. The summed E-state index contributed by atoms with van der Waals surface area (Å²) in [7, 11) is 1.87. The van der Waals surface area contributed by atoms with E-state index in [1.165, 1.54) is 0 Å². The number of hydrogen-bond donors (Lipinski definition) is 1. The number of nitriles is 1. The molecule has 0 radical (unpaired) electrons. The van der Waals surface area contributed by atoms with E-state index in [1.54, 1.807) is 11.8 Å². The van der Waals surface area contributed by atoms with Crippen molar-refractivity contribution in [3.05, 3.63) is 34.3 Å². The van der Waals surface area contributed by atoms with E-state index in [9.17, 15) is 4.79 Å². The van der Waals surface area contributed by atoms with Crippen LogP contribution in [0.15, 0.2) is 34.3 Å². The van der Waals surface area contributed by atoms with Gasteiger partial charge in [0.2, 0.25) is 0 Å². The Labute approximate surface area is 163 Å². The van der Waals surface area contributed by atoms with Gasteiger partial charge in [-0.25, -0.2) is 0 Å². The molecule has 0 amide bonds. The molecular formula is C21H32N2O2S. The van der Waals surface area contributed by atoms with Crippen molar-refractivity contribution in [1.29, 1.82) is 5.26 Å². The third kappa shape index (κ3) is 16.9. The zero-order chi connectivity index (χ0) is 20.4. The molecular weight excluding hydrogens is 344 g/mol. The first-order valence-electron chi connectivity index (χ1n) is 8.53. The van der Waals surface area contributed by atoms with Crippen molar-refractivity contribution in [2.45, 2.75) is 53.1 Å². The Morgan fingerprint density at radius 3 is 2.35 bits per heavy atom. The molecule has 0 bridgehead atoms. The molecule has 0 fully saturated rings. The van der Waals surface area contributed by atoms with E-state index in [1.807, 2.05) is 53.2 Å². The van der Waals surface area contributed by atoms with Crippen LogP contribution < -0.4 is 5.32 Å². The van der Waals surface area contributed by atoms with E-state index in [2.05, 4.69) is 41.0 Å². The van der Waals surface area contributed by atoms with E-state index in [4.69, 9.17) is 5.26 Å². The monoisotopic (exact) mass is 376 g/mol. The van der Waals surface area contributed by atoms with Gasteiger partial charge in [-0.05, 0) is 64.5 Å². The minimum absolute atomic E-state index is 0.318. The summed E-state index contributed by atoms with van der Waals surface area (Å²) in [5, 5.41) is 12.1. The Balaban J connectivity index is 0. The normalized spacial score (nSPS) is 12.2. The number of rotatable bonds is 7. The predicted molar refractivity (Wildman–Crippen MR) is 113 cm³/mol. The van der Waals surface area contributed by atoms with Crippen LogP contribution in [0.1, 0.15) is 47.5 Å². The number of allylic oxidation sites excluding steroid dienone is 6. The number of carbonyl (C=O) groups excluding carboxylic acids is 1. The molecule has 0 aromatic heterocycles. The SMILES string of the molecule is CC(C)(C)OC=O.CCC/C=C(C#CCNC)/C=C\C(C#N)=C(/C)SC. The maximum atomic E-state index is 9.60. The van der Waals surface area contributed by atoms with Crippen LogP contribution in [-0.4, -0.2) is 31.9 Å². The molecule has 0 spiro atoms. The van der Waals surface area contributed by atoms with Crippen molar-refractivity contribution in [3.8, 4) is 17.9 Å². The van der Waals surface area contributed by atoms with Gasteiger partial charge in [0.15, 0.2) is 0 Å². The van der Waals surface area contributed by atoms with E-state index >= 15 is 0 Å². The van der Waals surface area contributed by atoms with Crippen molar-refractivity contribution in [1.82, 2.24) is 5.32 Å². The highest BCUT2D eigenvalue weighted by Gasteiger charge is 2.07. The summed E-state index contributed by atoms with van der Waals surface area (Å²) in [5.41, 5.74) is 1.35. The quantitative estimate of drug-likeness (QED) is 0.304. The van der Waals surface area contributed by atoms with E-state index in [-0.39, 0.29) is 5.60 Å². The second-order valence-electron chi connectivity index (χ2n) is 6.23. The maximum absolute atomic E-state index is 9.60. The highest BCUT2D eigenvalue weighted by Crippen LogP contribution is 2.17. The summed E-state index contributed by atoms with van der Waals surface area (Å²) >= 11 is 1.59. The Kier molecular flexibility index (Phi) is 16.7. The average Bonchev–Trinajstić information content (AvgIpc) is 2.58. The molecule has 4 nitrogen and oxygen atoms in total. The second kappa shape index (κ2) is 16.5. The van der Waals surface area contributed by atoms with Gasteiger partial charge >= 0.3 is 0 Å². The molecule has 26 heavy (non-hydrogen) atoms. The minimum atomic E-state index is -0.318. The highest BCUT2D eigenvalue weighted by molar-refractivity contribution is 8.02. The standard InChI is InChI=1S/C16H22N2S.C5H10O2/c1-5-6-8-15(9-7-12-18-3)10-11-16(13-17)14(2)19-4;1-5(2,3)7-4-6/h8,10-11,18H,5-6,12H2,1-4H3;4H,1-3H3/b11-10-,15-8+,16-14-;. The Morgan fingerprint density at radius 1 is 1.31 bits per heavy atom. The van der Waals surface area contributed by atoms with Gasteiger partial charge < -0.3 is 10.1 Å². The molecule has 0 aliphatic heterocycles. The number of nitrogens with one attached hydrogen (secondary N) is 1. The highest BCUT2D eigenvalue weighted by atomic mass is 32.2. The van der Waals surface area contributed by atoms with Crippen LogP contribution in [0.5, 0.6) is 0 Å². The number of thioether (sulfide) groups is 1. The average molecular weight is 377 g/mol. The maximum Gasteiger partial charge on any atom is 0.293 e. The molecule has 0 heterocycles. The van der Waals surface area contributed by atoms with Gasteiger partial charge in [-0.1, -0.05) is 31.3 Å². The van der Waals surface area contributed by atoms with Gasteiger partial charge in [0.05, 0.1) is 18.2 Å². The topological polar surface area (TPSA) is 62.1 Å². The molecule has 0 aliphatic rings. The molecule has 0 saturated carbocycles. The van der Waals surface area contributed by atoms with Crippen LogP contribution >= 0.6 is 11.8 Å². The van der Waals surface area contributed by atoms with Crippen molar-refractivity contribution in [2.75, 3.05) is 19.8 Å². The summed E-state index contributed by atoms with van der Waals surface area (Å²) in [6, 6.07) is 2.22. The fourth-order valence-corrected chi connectivity index (χ4v) is 1.69. The number of carbonyl (C=O) groups is 1. The molecule has 0 unspecified atom stereocenters. The van der Waals surface area contributed by atoms with Crippen molar-refractivity contribution < 1.29 is 9.53 Å². The lowest BCUT2D eigenvalue weighted by Crippen LogP contribution is -2.17. The van der Waals surface area contributed by atoms with Crippen LogP contribution in [0.3, 0.4) is 0 Å². The zero-order valence-electron chi connectivity index (χ0n) is 17.1. The van der Waals surface area contributed by atoms with E-state index in [0.29, 0.717) is 18.6 Å². The van der Waals surface area contributed by atoms with Crippen LogP contribution in [0.2, 0.25) is 0 Å². The molecule has 5 heteroatoms. The van der Waals surface area contributed by atoms with Gasteiger partial charge in [-0.15, -0.1) is 11.8 Å². The van der Waals surface area contributed by atoms with E-state index in [0.717, 1.165) is 23.3 Å². The number of unbranched alkanes of at least 4 members (excludes halogenated alkanes) is 1. The predicted octanol–water partition coefficient (Wildman–Crippen LogP) is 4.61. The number of nitrogens with zero attached hydrogens (tertiary/aromatic N) is 1. The Hall–Kier alpha value is -1.95. The zero-order valence-corrected chi connectivity index (χ0v) is 17.9. The van der Waals surface area contributed by atoms with Crippen molar-refractivity contribution >= 4 is 18.2 Å². The largest absolute Gasteiger partial charge is 0.462 e. The molecule has 0 aromatic carbocycles. The van der Waals surface area contributed by atoms with Gasteiger partial charge in [0, 0.05) is 5.57 Å². The Morgan fingerprint density at radius 2 is 1.96 bits per heavy atom. The summed E-state index contributed by atoms with van der Waals surface area (Å²) in [6.07, 6.45) is 9.96. The Bertz CT molecular complexity index is 594. The van der Waals surface area contributed by atoms with Crippen LogP contribution in [0, 0.1) is 23.2 Å². The fourth-order valence-electron chi connectivity index (χ4n) is 1.36. The van der Waals surface area contributed by atoms with Crippen molar-refractivity contribution in [3.63, 3.8) is 0 Å². The molecule has 0 aliphatic carbocycles. The van der Waals surface area contributed by atoms with Gasteiger partial charge in [-0.2, -0.15) is 5.26 Å². The van der Waals surface area contributed by atoms with Gasteiger partial charge in [0.1, 0.15) is 5.60 Å². The number of ether oxygens (including phenoxy) is 1. The van der Waals surface area contributed by atoms with Gasteiger partial charge in [0.25, 0.3) is 6.47 Å². The minimum Gasteiger partial charge on any atom is -0.462 e. The lowest BCUT2D eigenvalue weighted by molar-refractivity contribution is -0.138. The lowest BCUT2D eigenvalue weighted by Gasteiger charge is -2.14. The first kappa shape index (κ1) is 26.3. The molecule has 144 valence electrons. The lowest BCUT2D eigenvalue weighted by atomic mass is 10.1. The molecule has 1 N–H and O–H groups in total. The summed E-state index contributed by atoms with van der Waals surface area (Å²) in [4.78, 5) is 10.6. The third-order valence-electron chi connectivity index (χ3n) is 2.79. The fraction of sp³-hybridized carbons (Fsp3) is 0.524. The van der Waals surface area contributed by atoms with Crippen LogP contribution in [-0.2, 0) is 9.53 Å². The molecule has 0 rings (SSSR count). The van der Waals surface area contributed by atoms with Crippen molar-refractivity contribution in [2.24, 2.45) is 0 Å². The van der Waals surface area contributed by atoms with Crippen LogP contribution in [0.4, 0.5) is 0 Å². The summed E-state index contributed by atoms with van der Waals surface area (Å²) in [5.74, 6) is 6.16. The summed E-state index contributed by atoms with van der Waals surface area (Å²) < 4.78 is 4.55.